The molecule has 0 aromatic carbocycles. The van der Waals surface area contributed by atoms with Crippen LogP contribution in [0, 0.1) is 5.92 Å². The number of hydrogen-bond acceptors (Lipinski definition) is 4. The SMILES string of the molecule is CCC(C)CS(=O)(=O)Cc1ccc(CN)o1. The largest absolute Gasteiger partial charge is 0.464 e. The molecule has 0 radical (unpaired) electrons. The number of furan rings is 1. The molecule has 4 nitrogen and oxygen atoms in total. The summed E-state index contributed by atoms with van der Waals surface area (Å²) in [5.74, 6) is 1.46. The maximum atomic E-state index is 11.8. The molecule has 1 heterocycles. The van der Waals surface area contributed by atoms with Gasteiger partial charge >= 0.3 is 0 Å². The summed E-state index contributed by atoms with van der Waals surface area (Å²) in [7, 11) is -3.08. The van der Waals surface area contributed by atoms with Crippen LogP contribution in [0.4, 0.5) is 0 Å². The van der Waals surface area contributed by atoms with Gasteiger partial charge in [-0.05, 0) is 18.1 Å². The number of sulfone groups is 1. The minimum atomic E-state index is -3.08. The van der Waals surface area contributed by atoms with E-state index in [0.717, 1.165) is 6.42 Å². The minimum Gasteiger partial charge on any atom is -0.464 e. The summed E-state index contributed by atoms with van der Waals surface area (Å²) in [4.78, 5) is 0. The standard InChI is InChI=1S/C11H19NO3S/c1-3-9(2)7-16(13,14)8-11-5-4-10(6-12)15-11/h4-5,9H,3,6-8,12H2,1-2H3. The van der Waals surface area contributed by atoms with Crippen molar-refractivity contribution in [1.29, 1.82) is 0 Å². The molecule has 1 aromatic heterocycles. The zero-order valence-corrected chi connectivity index (χ0v) is 10.6. The Hall–Kier alpha value is -0.810. The maximum Gasteiger partial charge on any atom is 0.157 e. The van der Waals surface area contributed by atoms with Gasteiger partial charge in [0.1, 0.15) is 17.3 Å². The van der Waals surface area contributed by atoms with Crippen LogP contribution in [0.15, 0.2) is 16.5 Å². The van der Waals surface area contributed by atoms with E-state index >= 15 is 0 Å². The van der Waals surface area contributed by atoms with Crippen LogP contribution in [0.1, 0.15) is 31.8 Å². The average Bonchev–Trinajstić information content (AvgIpc) is 2.63. The van der Waals surface area contributed by atoms with Gasteiger partial charge in [-0.25, -0.2) is 8.42 Å². The van der Waals surface area contributed by atoms with Crippen LogP contribution >= 0.6 is 0 Å². The van der Waals surface area contributed by atoms with Gasteiger partial charge in [-0.3, -0.25) is 0 Å². The molecule has 0 aliphatic rings. The molecule has 92 valence electrons. The topological polar surface area (TPSA) is 73.3 Å². The Morgan fingerprint density at radius 2 is 2.00 bits per heavy atom. The van der Waals surface area contributed by atoms with Gasteiger partial charge in [-0.2, -0.15) is 0 Å². The van der Waals surface area contributed by atoms with Crippen molar-refractivity contribution in [3.05, 3.63) is 23.7 Å². The van der Waals surface area contributed by atoms with Crippen LogP contribution in [0.3, 0.4) is 0 Å². The zero-order valence-electron chi connectivity index (χ0n) is 9.77. The smallest absolute Gasteiger partial charge is 0.157 e. The summed E-state index contributed by atoms with van der Waals surface area (Å²) < 4.78 is 28.8. The average molecular weight is 245 g/mol. The van der Waals surface area contributed by atoms with E-state index in [1.807, 2.05) is 13.8 Å². The summed E-state index contributed by atoms with van der Waals surface area (Å²) in [5, 5.41) is 0. The van der Waals surface area contributed by atoms with Crippen molar-refractivity contribution in [2.45, 2.75) is 32.6 Å². The summed E-state index contributed by atoms with van der Waals surface area (Å²) in [6.45, 7) is 4.22. The molecule has 0 spiro atoms. The maximum absolute atomic E-state index is 11.8. The number of nitrogens with two attached hydrogens (primary N) is 1. The molecule has 0 aliphatic carbocycles. The lowest BCUT2D eigenvalue weighted by molar-refractivity contribution is 0.476. The molecule has 5 heteroatoms. The molecule has 1 rings (SSSR count). The fourth-order valence-corrected chi connectivity index (χ4v) is 3.25. The second-order valence-corrected chi connectivity index (χ2v) is 6.25. The van der Waals surface area contributed by atoms with E-state index in [2.05, 4.69) is 0 Å². The molecule has 0 saturated heterocycles. The molecule has 1 unspecified atom stereocenters. The molecule has 2 N–H and O–H groups in total. The van der Waals surface area contributed by atoms with Gasteiger partial charge in [0.2, 0.25) is 0 Å². The summed E-state index contributed by atoms with van der Waals surface area (Å²) in [6.07, 6.45) is 0.867. The Morgan fingerprint density at radius 3 is 2.50 bits per heavy atom. The predicted octanol–water partition coefficient (Wildman–Crippen LogP) is 1.70. The summed E-state index contributed by atoms with van der Waals surface area (Å²) >= 11 is 0. The predicted molar refractivity (Wildman–Crippen MR) is 63.5 cm³/mol. The van der Waals surface area contributed by atoms with Crippen LogP contribution in [0.5, 0.6) is 0 Å². The molecular weight excluding hydrogens is 226 g/mol. The lowest BCUT2D eigenvalue weighted by Gasteiger charge is -2.08. The molecule has 0 fully saturated rings. The van der Waals surface area contributed by atoms with E-state index in [1.165, 1.54) is 0 Å². The van der Waals surface area contributed by atoms with E-state index in [9.17, 15) is 8.42 Å². The van der Waals surface area contributed by atoms with Crippen molar-refractivity contribution >= 4 is 9.84 Å². The first-order valence-electron chi connectivity index (χ1n) is 5.45. The Bertz CT molecular complexity index is 422. The fourth-order valence-electron chi connectivity index (χ4n) is 1.44. The van der Waals surface area contributed by atoms with Gasteiger partial charge in [-0.15, -0.1) is 0 Å². The molecule has 0 amide bonds. The monoisotopic (exact) mass is 245 g/mol. The van der Waals surface area contributed by atoms with Gasteiger partial charge in [0.25, 0.3) is 0 Å². The quantitative estimate of drug-likeness (QED) is 0.827. The van der Waals surface area contributed by atoms with Gasteiger partial charge in [0.05, 0.1) is 12.3 Å². The summed E-state index contributed by atoms with van der Waals surface area (Å²) in [5.41, 5.74) is 5.39. The van der Waals surface area contributed by atoms with Crippen molar-refractivity contribution in [2.24, 2.45) is 11.7 Å². The molecule has 0 aliphatic heterocycles. The Kier molecular flexibility index (Phi) is 4.56. The molecule has 1 aromatic rings. The Labute approximate surface area is 96.7 Å². The van der Waals surface area contributed by atoms with Gasteiger partial charge in [0.15, 0.2) is 9.84 Å². The highest BCUT2D eigenvalue weighted by Crippen LogP contribution is 2.14. The molecular formula is C11H19NO3S. The molecule has 1 atom stereocenters. The second-order valence-electron chi connectivity index (χ2n) is 4.14. The van der Waals surface area contributed by atoms with Crippen molar-refractivity contribution < 1.29 is 12.8 Å². The van der Waals surface area contributed by atoms with Crippen LogP contribution in [-0.4, -0.2) is 14.2 Å². The van der Waals surface area contributed by atoms with Crippen molar-refractivity contribution in [3.8, 4) is 0 Å². The van der Waals surface area contributed by atoms with Crippen molar-refractivity contribution in [1.82, 2.24) is 0 Å². The minimum absolute atomic E-state index is 0.0304. The van der Waals surface area contributed by atoms with Crippen molar-refractivity contribution in [3.63, 3.8) is 0 Å². The van der Waals surface area contributed by atoms with E-state index in [4.69, 9.17) is 10.2 Å². The van der Waals surface area contributed by atoms with E-state index < -0.39 is 9.84 Å². The summed E-state index contributed by atoms with van der Waals surface area (Å²) in [6, 6.07) is 3.39. The van der Waals surface area contributed by atoms with Crippen LogP contribution in [0.2, 0.25) is 0 Å². The third-order valence-corrected chi connectivity index (χ3v) is 4.32. The van der Waals surface area contributed by atoms with E-state index in [0.29, 0.717) is 18.1 Å². The number of rotatable bonds is 6. The molecule has 0 bridgehead atoms. The van der Waals surface area contributed by atoms with Crippen LogP contribution < -0.4 is 5.73 Å². The first kappa shape index (κ1) is 13.3. The Balaban J connectivity index is 2.65. The zero-order chi connectivity index (χ0) is 12.2. The van der Waals surface area contributed by atoms with E-state index in [1.54, 1.807) is 12.1 Å². The third-order valence-electron chi connectivity index (χ3n) is 2.52. The van der Waals surface area contributed by atoms with Gasteiger partial charge in [-0.1, -0.05) is 20.3 Å². The highest BCUT2D eigenvalue weighted by atomic mass is 32.2. The second kappa shape index (κ2) is 5.50. The molecule has 16 heavy (non-hydrogen) atoms. The first-order valence-corrected chi connectivity index (χ1v) is 7.27. The van der Waals surface area contributed by atoms with Crippen LogP contribution in [-0.2, 0) is 22.1 Å². The number of hydrogen-bond donors (Lipinski definition) is 1. The van der Waals surface area contributed by atoms with Crippen LogP contribution in [0.25, 0.3) is 0 Å². The fraction of sp³-hybridized carbons (Fsp3) is 0.636. The van der Waals surface area contributed by atoms with Crippen molar-refractivity contribution in [2.75, 3.05) is 5.75 Å². The lowest BCUT2D eigenvalue weighted by Crippen LogP contribution is -2.15. The van der Waals surface area contributed by atoms with E-state index in [-0.39, 0.29) is 17.4 Å². The third kappa shape index (κ3) is 3.98. The first-order chi connectivity index (χ1) is 7.46. The Morgan fingerprint density at radius 1 is 1.38 bits per heavy atom. The highest BCUT2D eigenvalue weighted by molar-refractivity contribution is 7.90. The molecule has 0 saturated carbocycles. The normalized spacial score (nSPS) is 13.9. The lowest BCUT2D eigenvalue weighted by atomic mass is 10.2. The van der Waals surface area contributed by atoms with Gasteiger partial charge in [0, 0.05) is 0 Å². The highest BCUT2D eigenvalue weighted by Gasteiger charge is 2.17. The van der Waals surface area contributed by atoms with Gasteiger partial charge < -0.3 is 10.2 Å².